The number of esters is 1. The van der Waals surface area contributed by atoms with Crippen molar-refractivity contribution in [2.24, 2.45) is 0 Å². The fraction of sp³-hybridized carbons (Fsp3) is 0.231. The molecule has 100 valence electrons. The largest absolute Gasteiger partial charge is 0.496 e. The summed E-state index contributed by atoms with van der Waals surface area (Å²) in [6.07, 6.45) is 0. The van der Waals surface area contributed by atoms with E-state index < -0.39 is 5.97 Å². The standard InChI is InChI=1S/C13H12ClNO3S/c1-3-18-12(16)11-10(15-13(14)19-11)8-6-4-5-7-9(8)17-2/h4-7H,3H2,1-2H3. The number of aromatic nitrogens is 1. The molecule has 1 aromatic heterocycles. The zero-order valence-electron chi connectivity index (χ0n) is 10.5. The molecular formula is C13H12ClNO3S. The van der Waals surface area contributed by atoms with Crippen LogP contribution in [0.3, 0.4) is 0 Å². The second-order valence-corrected chi connectivity index (χ2v) is 5.15. The van der Waals surface area contributed by atoms with E-state index >= 15 is 0 Å². The number of benzene rings is 1. The van der Waals surface area contributed by atoms with Gasteiger partial charge in [0.25, 0.3) is 0 Å². The lowest BCUT2D eigenvalue weighted by molar-refractivity contribution is 0.0532. The fourth-order valence-electron chi connectivity index (χ4n) is 1.65. The van der Waals surface area contributed by atoms with Gasteiger partial charge in [-0.3, -0.25) is 0 Å². The minimum atomic E-state index is -0.423. The summed E-state index contributed by atoms with van der Waals surface area (Å²) >= 11 is 7.01. The molecule has 0 bridgehead atoms. The first-order valence-electron chi connectivity index (χ1n) is 5.64. The van der Waals surface area contributed by atoms with Crippen LogP contribution in [0.1, 0.15) is 16.6 Å². The van der Waals surface area contributed by atoms with E-state index in [0.717, 1.165) is 16.9 Å². The highest BCUT2D eigenvalue weighted by Gasteiger charge is 2.22. The number of methoxy groups -OCH3 is 1. The van der Waals surface area contributed by atoms with Crippen molar-refractivity contribution < 1.29 is 14.3 Å². The number of hydrogen-bond donors (Lipinski definition) is 0. The second kappa shape index (κ2) is 6.04. The highest BCUT2D eigenvalue weighted by atomic mass is 35.5. The highest BCUT2D eigenvalue weighted by Crippen LogP contribution is 2.36. The van der Waals surface area contributed by atoms with Gasteiger partial charge in [0.05, 0.1) is 13.7 Å². The Morgan fingerprint density at radius 2 is 2.16 bits per heavy atom. The van der Waals surface area contributed by atoms with E-state index in [1.54, 1.807) is 20.1 Å². The molecule has 0 radical (unpaired) electrons. The van der Waals surface area contributed by atoms with E-state index in [-0.39, 0.29) is 0 Å². The molecule has 19 heavy (non-hydrogen) atoms. The van der Waals surface area contributed by atoms with Crippen LogP contribution in [0.15, 0.2) is 24.3 Å². The molecule has 1 aromatic carbocycles. The summed E-state index contributed by atoms with van der Waals surface area (Å²) in [6, 6.07) is 7.32. The maximum absolute atomic E-state index is 11.9. The normalized spacial score (nSPS) is 10.3. The molecule has 0 saturated carbocycles. The van der Waals surface area contributed by atoms with E-state index in [9.17, 15) is 4.79 Å². The smallest absolute Gasteiger partial charge is 0.350 e. The average Bonchev–Trinajstić information content (AvgIpc) is 2.81. The molecule has 0 amide bonds. The van der Waals surface area contributed by atoms with Crippen molar-refractivity contribution in [1.82, 2.24) is 4.98 Å². The van der Waals surface area contributed by atoms with Crippen LogP contribution in [-0.2, 0) is 4.74 Å². The average molecular weight is 298 g/mol. The molecule has 2 rings (SSSR count). The molecule has 0 aliphatic rings. The predicted octanol–water partition coefficient (Wildman–Crippen LogP) is 3.65. The number of rotatable bonds is 4. The highest BCUT2D eigenvalue weighted by molar-refractivity contribution is 7.17. The number of carbonyl (C=O) groups excluding carboxylic acids is 1. The van der Waals surface area contributed by atoms with Crippen LogP contribution in [0.5, 0.6) is 5.75 Å². The first-order valence-corrected chi connectivity index (χ1v) is 6.83. The topological polar surface area (TPSA) is 48.4 Å². The Morgan fingerprint density at radius 3 is 2.84 bits per heavy atom. The van der Waals surface area contributed by atoms with Crippen LogP contribution in [-0.4, -0.2) is 24.7 Å². The molecule has 4 nitrogen and oxygen atoms in total. The summed E-state index contributed by atoms with van der Waals surface area (Å²) in [4.78, 5) is 16.5. The van der Waals surface area contributed by atoms with Gasteiger partial charge in [0, 0.05) is 5.56 Å². The van der Waals surface area contributed by atoms with Crippen LogP contribution in [0.4, 0.5) is 0 Å². The van der Waals surface area contributed by atoms with Crippen molar-refractivity contribution >= 4 is 28.9 Å². The summed E-state index contributed by atoms with van der Waals surface area (Å²) in [5, 5.41) is 0. The molecule has 0 aliphatic carbocycles. The summed E-state index contributed by atoms with van der Waals surface area (Å²) in [5.74, 6) is 0.211. The monoisotopic (exact) mass is 297 g/mol. The third-order valence-corrected chi connectivity index (χ3v) is 3.56. The fourth-order valence-corrected chi connectivity index (χ4v) is 2.67. The molecule has 0 fully saturated rings. The second-order valence-electron chi connectivity index (χ2n) is 3.57. The van der Waals surface area contributed by atoms with Gasteiger partial charge in [-0.15, -0.1) is 0 Å². The van der Waals surface area contributed by atoms with Crippen LogP contribution in [0.25, 0.3) is 11.3 Å². The molecule has 0 saturated heterocycles. The minimum Gasteiger partial charge on any atom is -0.496 e. The first-order chi connectivity index (χ1) is 9.17. The molecular weight excluding hydrogens is 286 g/mol. The Balaban J connectivity index is 2.53. The van der Waals surface area contributed by atoms with E-state index in [0.29, 0.717) is 27.4 Å². The Morgan fingerprint density at radius 1 is 1.42 bits per heavy atom. The number of carbonyl (C=O) groups is 1. The number of ether oxygens (including phenoxy) is 2. The van der Waals surface area contributed by atoms with Crippen LogP contribution in [0.2, 0.25) is 4.47 Å². The lowest BCUT2D eigenvalue weighted by Crippen LogP contribution is -2.04. The lowest BCUT2D eigenvalue weighted by Gasteiger charge is -2.07. The summed E-state index contributed by atoms with van der Waals surface area (Å²) in [5.41, 5.74) is 1.21. The number of para-hydroxylation sites is 1. The third-order valence-electron chi connectivity index (χ3n) is 2.42. The summed E-state index contributed by atoms with van der Waals surface area (Å²) < 4.78 is 10.6. The van der Waals surface area contributed by atoms with Crippen molar-refractivity contribution in [3.8, 4) is 17.0 Å². The van der Waals surface area contributed by atoms with E-state index in [1.807, 2.05) is 18.2 Å². The Labute approximate surface area is 120 Å². The molecule has 0 atom stereocenters. The van der Waals surface area contributed by atoms with Gasteiger partial charge < -0.3 is 9.47 Å². The van der Waals surface area contributed by atoms with Gasteiger partial charge in [0.2, 0.25) is 0 Å². The predicted molar refractivity (Wildman–Crippen MR) is 75.1 cm³/mol. The van der Waals surface area contributed by atoms with Gasteiger partial charge in [-0.25, -0.2) is 9.78 Å². The minimum absolute atomic E-state index is 0.295. The zero-order chi connectivity index (χ0) is 13.8. The number of hydrogen-bond acceptors (Lipinski definition) is 5. The molecule has 1 heterocycles. The van der Waals surface area contributed by atoms with Crippen molar-refractivity contribution in [1.29, 1.82) is 0 Å². The maximum atomic E-state index is 11.9. The first kappa shape index (κ1) is 13.8. The van der Waals surface area contributed by atoms with E-state index in [2.05, 4.69) is 4.98 Å². The number of halogens is 1. The third kappa shape index (κ3) is 2.88. The molecule has 0 aliphatic heterocycles. The van der Waals surface area contributed by atoms with Crippen molar-refractivity contribution in [3.05, 3.63) is 33.6 Å². The van der Waals surface area contributed by atoms with E-state index in [1.165, 1.54) is 0 Å². The molecule has 0 unspecified atom stereocenters. The summed E-state index contributed by atoms with van der Waals surface area (Å²) in [6.45, 7) is 2.06. The van der Waals surface area contributed by atoms with Crippen LogP contribution < -0.4 is 4.74 Å². The van der Waals surface area contributed by atoms with Crippen molar-refractivity contribution in [3.63, 3.8) is 0 Å². The number of thiazole rings is 1. The Bertz CT molecular complexity index is 597. The zero-order valence-corrected chi connectivity index (χ0v) is 12.0. The van der Waals surface area contributed by atoms with Crippen LogP contribution in [0, 0.1) is 0 Å². The lowest BCUT2D eigenvalue weighted by atomic mass is 10.1. The van der Waals surface area contributed by atoms with Crippen molar-refractivity contribution in [2.45, 2.75) is 6.92 Å². The van der Waals surface area contributed by atoms with Gasteiger partial charge in [0.1, 0.15) is 16.3 Å². The van der Waals surface area contributed by atoms with Gasteiger partial charge in [-0.2, -0.15) is 0 Å². The quantitative estimate of drug-likeness (QED) is 0.808. The number of nitrogens with zero attached hydrogens (tertiary/aromatic N) is 1. The Kier molecular flexibility index (Phi) is 4.39. The van der Waals surface area contributed by atoms with Crippen molar-refractivity contribution in [2.75, 3.05) is 13.7 Å². The van der Waals surface area contributed by atoms with Gasteiger partial charge >= 0.3 is 5.97 Å². The van der Waals surface area contributed by atoms with Crippen LogP contribution >= 0.6 is 22.9 Å². The van der Waals surface area contributed by atoms with Gasteiger partial charge in [-0.05, 0) is 19.1 Å². The Hall–Kier alpha value is -1.59. The van der Waals surface area contributed by atoms with Gasteiger partial charge in [0.15, 0.2) is 4.47 Å². The molecule has 0 spiro atoms. The molecule has 2 aromatic rings. The molecule has 6 heteroatoms. The van der Waals surface area contributed by atoms with E-state index in [4.69, 9.17) is 21.1 Å². The summed E-state index contributed by atoms with van der Waals surface area (Å²) in [7, 11) is 1.57. The SMILES string of the molecule is CCOC(=O)c1sc(Cl)nc1-c1ccccc1OC. The molecule has 0 N–H and O–H groups in total. The van der Waals surface area contributed by atoms with Gasteiger partial charge in [-0.1, -0.05) is 35.1 Å². The maximum Gasteiger partial charge on any atom is 0.350 e.